The summed E-state index contributed by atoms with van der Waals surface area (Å²) in [7, 11) is 0. The highest BCUT2D eigenvalue weighted by molar-refractivity contribution is 6.11. The van der Waals surface area contributed by atoms with Gasteiger partial charge in [-0.1, -0.05) is 18.2 Å². The third kappa shape index (κ3) is 2.96. The Kier molecular flexibility index (Phi) is 4.16. The molecule has 4 amide bonds. The monoisotopic (exact) mass is 404 g/mol. The summed E-state index contributed by atoms with van der Waals surface area (Å²) < 4.78 is 0. The van der Waals surface area contributed by atoms with Crippen LogP contribution in [-0.4, -0.2) is 39.6 Å². The van der Waals surface area contributed by atoms with E-state index in [2.05, 4.69) is 15.6 Å². The number of hydrogen-bond acceptors (Lipinski definition) is 5. The maximum absolute atomic E-state index is 13.2. The van der Waals surface area contributed by atoms with Crippen molar-refractivity contribution in [3.63, 3.8) is 0 Å². The Morgan fingerprint density at radius 3 is 2.67 bits per heavy atom. The van der Waals surface area contributed by atoms with Gasteiger partial charge in [0.05, 0.1) is 22.4 Å². The molecule has 1 unspecified atom stereocenters. The van der Waals surface area contributed by atoms with Crippen LogP contribution in [0.15, 0.2) is 42.6 Å². The second-order valence-electron chi connectivity index (χ2n) is 7.99. The average Bonchev–Trinajstić information content (AvgIpc) is 3.45. The molecule has 1 aliphatic carbocycles. The molecule has 152 valence electrons. The number of rotatable bonds is 4. The molecule has 0 spiro atoms. The normalized spacial score (nSPS) is 21.8. The van der Waals surface area contributed by atoms with Gasteiger partial charge in [-0.3, -0.25) is 29.5 Å². The summed E-state index contributed by atoms with van der Waals surface area (Å²) in [4.78, 5) is 55.8. The molecule has 8 nitrogen and oxygen atoms in total. The summed E-state index contributed by atoms with van der Waals surface area (Å²) in [6, 6.07) is 10.1. The minimum Gasteiger partial charge on any atom is -0.341 e. The number of nitrogens with zero attached hydrogens (tertiary/aromatic N) is 2. The number of benzene rings is 1. The molecule has 0 bridgehead atoms. The van der Waals surface area contributed by atoms with Gasteiger partial charge in [0.25, 0.3) is 11.8 Å². The number of carbonyl (C=O) groups excluding carboxylic acids is 4. The van der Waals surface area contributed by atoms with Gasteiger partial charge in [-0.05, 0) is 43.0 Å². The molecule has 3 heterocycles. The summed E-state index contributed by atoms with van der Waals surface area (Å²) in [5, 5.41) is 5.35. The van der Waals surface area contributed by atoms with Gasteiger partial charge in [-0.2, -0.15) is 0 Å². The number of hydrogen-bond donors (Lipinski definition) is 2. The number of aromatic nitrogens is 1. The van der Waals surface area contributed by atoms with Gasteiger partial charge in [-0.25, -0.2) is 0 Å². The molecule has 2 aromatic rings. The molecule has 1 aromatic carbocycles. The van der Waals surface area contributed by atoms with E-state index in [4.69, 9.17) is 0 Å². The van der Waals surface area contributed by atoms with Crippen molar-refractivity contribution in [2.75, 3.05) is 0 Å². The van der Waals surface area contributed by atoms with Gasteiger partial charge in [-0.15, -0.1) is 0 Å². The Bertz CT molecular complexity index is 1080. The fourth-order valence-corrected chi connectivity index (χ4v) is 4.30. The number of amides is 4. The van der Waals surface area contributed by atoms with E-state index < -0.39 is 17.5 Å². The Balaban J connectivity index is 1.41. The third-order valence-electron chi connectivity index (χ3n) is 6.06. The van der Waals surface area contributed by atoms with Crippen LogP contribution in [0.2, 0.25) is 0 Å². The topological polar surface area (TPSA) is 108 Å². The highest BCUT2D eigenvalue weighted by Gasteiger charge is 2.48. The molecular weight excluding hydrogens is 384 g/mol. The Morgan fingerprint density at radius 1 is 1.13 bits per heavy atom. The van der Waals surface area contributed by atoms with Crippen LogP contribution < -0.4 is 10.6 Å². The van der Waals surface area contributed by atoms with E-state index >= 15 is 0 Å². The van der Waals surface area contributed by atoms with E-state index in [1.165, 1.54) is 4.90 Å². The van der Waals surface area contributed by atoms with Crippen molar-refractivity contribution < 1.29 is 19.2 Å². The number of carbonyl (C=O) groups is 4. The number of imide groups is 1. The van der Waals surface area contributed by atoms with Crippen LogP contribution in [0, 0.1) is 0 Å². The summed E-state index contributed by atoms with van der Waals surface area (Å²) in [5.74, 6) is -1.48. The number of nitrogens with one attached hydrogen (secondary N) is 2. The van der Waals surface area contributed by atoms with Crippen LogP contribution >= 0.6 is 0 Å². The SMILES string of the molecule is O=C1CCC(N2Cc3cccc(C(=O)NC4(c5ccccn5)CC4)c3C2=O)C(=O)N1. The first-order chi connectivity index (χ1) is 14.5. The second-order valence-corrected chi connectivity index (χ2v) is 7.99. The number of fused-ring (bicyclic) bond motifs is 1. The van der Waals surface area contributed by atoms with E-state index in [0.29, 0.717) is 16.7 Å². The molecule has 8 heteroatoms. The highest BCUT2D eigenvalue weighted by atomic mass is 16.2. The molecule has 5 rings (SSSR count). The zero-order valence-corrected chi connectivity index (χ0v) is 16.2. The first-order valence-corrected chi connectivity index (χ1v) is 9.99. The van der Waals surface area contributed by atoms with Crippen LogP contribution in [0.3, 0.4) is 0 Å². The molecule has 0 radical (unpaired) electrons. The fraction of sp³-hybridized carbons (Fsp3) is 0.318. The van der Waals surface area contributed by atoms with Gasteiger partial charge in [0.15, 0.2) is 0 Å². The molecule has 2 fully saturated rings. The molecule has 1 saturated heterocycles. The van der Waals surface area contributed by atoms with Crippen molar-refractivity contribution in [2.45, 2.75) is 43.8 Å². The molecule has 1 aromatic heterocycles. The van der Waals surface area contributed by atoms with E-state index in [0.717, 1.165) is 18.5 Å². The van der Waals surface area contributed by atoms with Crippen molar-refractivity contribution in [2.24, 2.45) is 0 Å². The summed E-state index contributed by atoms with van der Waals surface area (Å²) in [6.07, 6.45) is 3.76. The molecule has 1 saturated carbocycles. The molecule has 30 heavy (non-hydrogen) atoms. The molecular formula is C22H20N4O4. The van der Waals surface area contributed by atoms with Gasteiger partial charge in [0.2, 0.25) is 11.8 Å². The van der Waals surface area contributed by atoms with Crippen molar-refractivity contribution in [3.05, 3.63) is 65.0 Å². The zero-order chi connectivity index (χ0) is 20.9. The van der Waals surface area contributed by atoms with E-state index in [9.17, 15) is 19.2 Å². The molecule has 1 atom stereocenters. The standard InChI is InChI=1S/C22H20N4O4/c27-17-8-7-15(20(29)24-17)26-12-13-4-3-5-14(18(13)21(26)30)19(28)25-22(9-10-22)16-6-1-2-11-23-16/h1-6,11,15H,7-10,12H2,(H,25,28)(H,24,27,29). The largest absolute Gasteiger partial charge is 0.341 e. The lowest BCUT2D eigenvalue weighted by Gasteiger charge is -2.29. The predicted molar refractivity (Wildman–Crippen MR) is 105 cm³/mol. The van der Waals surface area contributed by atoms with Crippen molar-refractivity contribution in [1.29, 1.82) is 0 Å². The quantitative estimate of drug-likeness (QED) is 0.746. The molecule has 2 aliphatic heterocycles. The fourth-order valence-electron chi connectivity index (χ4n) is 4.30. The van der Waals surface area contributed by atoms with Crippen LogP contribution in [0.25, 0.3) is 0 Å². The minimum absolute atomic E-state index is 0.191. The lowest BCUT2D eigenvalue weighted by molar-refractivity contribution is -0.136. The predicted octanol–water partition coefficient (Wildman–Crippen LogP) is 1.26. The number of piperidine rings is 1. The number of pyridine rings is 1. The zero-order valence-electron chi connectivity index (χ0n) is 16.2. The summed E-state index contributed by atoms with van der Waals surface area (Å²) in [5.41, 5.74) is 1.65. The summed E-state index contributed by atoms with van der Waals surface area (Å²) in [6.45, 7) is 0.243. The maximum atomic E-state index is 13.2. The minimum atomic E-state index is -0.707. The first kappa shape index (κ1) is 18.5. The van der Waals surface area contributed by atoms with Crippen molar-refractivity contribution in [3.8, 4) is 0 Å². The van der Waals surface area contributed by atoms with Crippen LogP contribution in [0.5, 0.6) is 0 Å². The van der Waals surface area contributed by atoms with Crippen molar-refractivity contribution >= 4 is 23.6 Å². The Labute approximate surface area is 172 Å². The second kappa shape index (κ2) is 6.76. The lowest BCUT2D eigenvalue weighted by atomic mass is 10.0. The van der Waals surface area contributed by atoms with E-state index in [1.54, 1.807) is 24.4 Å². The van der Waals surface area contributed by atoms with Crippen LogP contribution in [0.1, 0.15) is 57.7 Å². The van der Waals surface area contributed by atoms with Crippen LogP contribution in [-0.2, 0) is 21.7 Å². The average molecular weight is 404 g/mol. The van der Waals surface area contributed by atoms with Gasteiger partial charge >= 0.3 is 0 Å². The maximum Gasteiger partial charge on any atom is 0.256 e. The first-order valence-electron chi connectivity index (χ1n) is 9.99. The van der Waals surface area contributed by atoms with Crippen molar-refractivity contribution in [1.82, 2.24) is 20.5 Å². The van der Waals surface area contributed by atoms with Gasteiger partial charge < -0.3 is 10.2 Å². The smallest absolute Gasteiger partial charge is 0.256 e. The summed E-state index contributed by atoms with van der Waals surface area (Å²) >= 11 is 0. The van der Waals surface area contributed by atoms with Crippen LogP contribution in [0.4, 0.5) is 0 Å². The van der Waals surface area contributed by atoms with Gasteiger partial charge in [0, 0.05) is 19.2 Å². The lowest BCUT2D eigenvalue weighted by Crippen LogP contribution is -2.52. The van der Waals surface area contributed by atoms with E-state index in [1.807, 2.05) is 18.2 Å². The Hall–Kier alpha value is -3.55. The third-order valence-corrected chi connectivity index (χ3v) is 6.06. The highest BCUT2D eigenvalue weighted by Crippen LogP contribution is 2.44. The van der Waals surface area contributed by atoms with E-state index in [-0.39, 0.29) is 37.1 Å². The Morgan fingerprint density at radius 2 is 1.97 bits per heavy atom. The molecule has 2 N–H and O–H groups in total. The van der Waals surface area contributed by atoms with Gasteiger partial charge in [0.1, 0.15) is 6.04 Å². The molecule has 3 aliphatic rings.